The summed E-state index contributed by atoms with van der Waals surface area (Å²) in [4.78, 5) is 0. The average molecular weight is 356 g/mol. The molecule has 0 atom stereocenters. The third-order valence-corrected chi connectivity index (χ3v) is 6.95. The lowest BCUT2D eigenvalue weighted by molar-refractivity contribution is 0.469. The van der Waals surface area contributed by atoms with Gasteiger partial charge in [0.2, 0.25) is 10.0 Å². The van der Waals surface area contributed by atoms with Gasteiger partial charge in [0.1, 0.15) is 0 Å². The minimum absolute atomic E-state index is 0.124. The standard InChI is InChI=1S/C10H14BrNO4S2/c1-12(18(15,16)8-17(2,13)14)7-9-5-3-4-6-10(9)11/h3-6H,7-8H2,1-2H3. The van der Waals surface area contributed by atoms with Crippen molar-refractivity contribution in [3.63, 3.8) is 0 Å². The lowest BCUT2D eigenvalue weighted by atomic mass is 10.2. The highest BCUT2D eigenvalue weighted by molar-refractivity contribution is 9.10. The van der Waals surface area contributed by atoms with Gasteiger partial charge in [0, 0.05) is 24.3 Å². The summed E-state index contributed by atoms with van der Waals surface area (Å²) in [6.45, 7) is 0.124. The Kier molecular flexibility index (Phi) is 4.93. The highest BCUT2D eigenvalue weighted by atomic mass is 79.9. The summed E-state index contributed by atoms with van der Waals surface area (Å²) >= 11 is 3.31. The molecule has 0 aliphatic heterocycles. The van der Waals surface area contributed by atoms with E-state index in [1.807, 2.05) is 6.07 Å². The van der Waals surface area contributed by atoms with Gasteiger partial charge in [0.25, 0.3) is 0 Å². The molecule has 0 radical (unpaired) electrons. The summed E-state index contributed by atoms with van der Waals surface area (Å²) in [5.41, 5.74) is 0.775. The maximum atomic E-state index is 11.8. The number of nitrogens with zero attached hydrogens (tertiary/aromatic N) is 1. The van der Waals surface area contributed by atoms with Crippen LogP contribution < -0.4 is 0 Å². The van der Waals surface area contributed by atoms with E-state index < -0.39 is 24.9 Å². The van der Waals surface area contributed by atoms with Crippen LogP contribution in [0.25, 0.3) is 0 Å². The number of hydrogen-bond acceptors (Lipinski definition) is 4. The average Bonchev–Trinajstić information content (AvgIpc) is 2.17. The van der Waals surface area contributed by atoms with E-state index >= 15 is 0 Å². The number of rotatable bonds is 5. The van der Waals surface area contributed by atoms with Crippen LogP contribution in [0.5, 0.6) is 0 Å². The summed E-state index contributed by atoms with van der Waals surface area (Å²) in [7, 11) is -6.02. The maximum Gasteiger partial charge on any atom is 0.228 e. The second kappa shape index (κ2) is 5.68. The molecule has 1 aromatic rings. The van der Waals surface area contributed by atoms with Crippen molar-refractivity contribution in [1.82, 2.24) is 4.31 Å². The van der Waals surface area contributed by atoms with E-state index in [0.29, 0.717) is 0 Å². The first-order valence-corrected chi connectivity index (χ1v) is 9.43. The van der Waals surface area contributed by atoms with Crippen molar-refractivity contribution in [2.45, 2.75) is 6.54 Å². The van der Waals surface area contributed by atoms with Crippen molar-refractivity contribution < 1.29 is 16.8 Å². The molecule has 0 spiro atoms. The first kappa shape index (κ1) is 15.6. The van der Waals surface area contributed by atoms with E-state index in [4.69, 9.17) is 0 Å². The van der Waals surface area contributed by atoms with E-state index in [1.165, 1.54) is 7.05 Å². The molecule has 5 nitrogen and oxygen atoms in total. The smallest absolute Gasteiger partial charge is 0.228 e. The molecule has 0 saturated heterocycles. The molecule has 0 aliphatic rings. The Labute approximate surface area is 116 Å². The molecule has 0 aromatic heterocycles. The van der Waals surface area contributed by atoms with Crippen LogP contribution in [-0.2, 0) is 26.4 Å². The molecule has 0 bridgehead atoms. The van der Waals surface area contributed by atoms with Crippen LogP contribution in [0.15, 0.2) is 28.7 Å². The molecule has 0 fully saturated rings. The highest BCUT2D eigenvalue weighted by Gasteiger charge is 2.23. The van der Waals surface area contributed by atoms with Crippen molar-refractivity contribution in [2.75, 3.05) is 18.4 Å². The van der Waals surface area contributed by atoms with Gasteiger partial charge in [-0.15, -0.1) is 0 Å². The van der Waals surface area contributed by atoms with Gasteiger partial charge in [0.15, 0.2) is 14.9 Å². The van der Waals surface area contributed by atoms with Gasteiger partial charge in [-0.2, -0.15) is 4.31 Å². The number of halogens is 1. The molecule has 0 unspecified atom stereocenters. The zero-order valence-electron chi connectivity index (χ0n) is 10.00. The first-order valence-electron chi connectivity index (χ1n) is 4.97. The predicted octanol–water partition coefficient (Wildman–Crippen LogP) is 1.21. The molecule has 18 heavy (non-hydrogen) atoms. The Bertz CT molecular complexity index is 625. The SMILES string of the molecule is CN(Cc1ccccc1Br)S(=O)(=O)CS(C)(=O)=O. The van der Waals surface area contributed by atoms with Crippen LogP contribution in [-0.4, -0.2) is 39.5 Å². The minimum atomic E-state index is -3.81. The van der Waals surface area contributed by atoms with Gasteiger partial charge in [-0.1, -0.05) is 34.1 Å². The van der Waals surface area contributed by atoms with Crippen molar-refractivity contribution in [1.29, 1.82) is 0 Å². The first-order chi connectivity index (χ1) is 8.12. The molecule has 1 aromatic carbocycles. The predicted molar refractivity (Wildman–Crippen MR) is 74.2 cm³/mol. The van der Waals surface area contributed by atoms with Gasteiger partial charge in [0.05, 0.1) is 0 Å². The molecule has 102 valence electrons. The summed E-state index contributed by atoms with van der Waals surface area (Å²) in [6, 6.07) is 7.18. The fourth-order valence-corrected chi connectivity index (χ4v) is 4.96. The third-order valence-electron chi connectivity index (χ3n) is 2.19. The molecular formula is C10H14BrNO4S2. The maximum absolute atomic E-state index is 11.8. The van der Waals surface area contributed by atoms with E-state index in [2.05, 4.69) is 15.9 Å². The molecule has 0 amide bonds. The van der Waals surface area contributed by atoms with Gasteiger partial charge in [-0.3, -0.25) is 0 Å². The van der Waals surface area contributed by atoms with E-state index in [9.17, 15) is 16.8 Å². The van der Waals surface area contributed by atoms with Crippen LogP contribution in [0.1, 0.15) is 5.56 Å². The molecule has 0 N–H and O–H groups in total. The van der Waals surface area contributed by atoms with Crippen molar-refractivity contribution in [3.05, 3.63) is 34.3 Å². The monoisotopic (exact) mass is 355 g/mol. The Morgan fingerprint density at radius 1 is 1.17 bits per heavy atom. The van der Waals surface area contributed by atoms with Crippen LogP contribution in [0.4, 0.5) is 0 Å². The topological polar surface area (TPSA) is 71.5 Å². The van der Waals surface area contributed by atoms with Gasteiger partial charge in [-0.05, 0) is 11.6 Å². The van der Waals surface area contributed by atoms with E-state index in [0.717, 1.165) is 20.6 Å². The second-order valence-electron chi connectivity index (χ2n) is 4.00. The molecule has 1 rings (SSSR count). The quantitative estimate of drug-likeness (QED) is 0.795. The summed E-state index contributed by atoms with van der Waals surface area (Å²) in [5.74, 6) is 0. The molecule has 0 saturated carbocycles. The molecule has 8 heteroatoms. The van der Waals surface area contributed by atoms with Gasteiger partial charge < -0.3 is 0 Å². The van der Waals surface area contributed by atoms with Crippen molar-refractivity contribution in [3.8, 4) is 0 Å². The molecular weight excluding hydrogens is 342 g/mol. The van der Waals surface area contributed by atoms with Crippen LogP contribution >= 0.6 is 15.9 Å². The number of sulfone groups is 1. The fraction of sp³-hybridized carbons (Fsp3) is 0.400. The Morgan fingerprint density at radius 3 is 2.22 bits per heavy atom. The number of hydrogen-bond donors (Lipinski definition) is 0. The third kappa shape index (κ3) is 4.68. The summed E-state index contributed by atoms with van der Waals surface area (Å²) in [5, 5.41) is -0.874. The Morgan fingerprint density at radius 2 is 1.72 bits per heavy atom. The zero-order chi connectivity index (χ0) is 14.0. The summed E-state index contributed by atoms with van der Waals surface area (Å²) in [6.07, 6.45) is 0.900. The largest absolute Gasteiger partial charge is 0.228 e. The second-order valence-corrected chi connectivity index (χ2v) is 9.44. The minimum Gasteiger partial charge on any atom is -0.228 e. The van der Waals surface area contributed by atoms with Crippen molar-refractivity contribution in [2.24, 2.45) is 0 Å². The lowest BCUT2D eigenvalue weighted by Crippen LogP contribution is -2.31. The number of benzene rings is 1. The van der Waals surface area contributed by atoms with E-state index in [-0.39, 0.29) is 6.54 Å². The normalized spacial score (nSPS) is 12.9. The van der Waals surface area contributed by atoms with Gasteiger partial charge >= 0.3 is 0 Å². The van der Waals surface area contributed by atoms with Crippen LogP contribution in [0.2, 0.25) is 0 Å². The molecule has 0 heterocycles. The Balaban J connectivity index is 2.90. The summed E-state index contributed by atoms with van der Waals surface area (Å²) < 4.78 is 47.5. The zero-order valence-corrected chi connectivity index (χ0v) is 13.2. The lowest BCUT2D eigenvalue weighted by Gasteiger charge is -2.17. The van der Waals surface area contributed by atoms with E-state index in [1.54, 1.807) is 18.2 Å². The van der Waals surface area contributed by atoms with Crippen molar-refractivity contribution >= 4 is 35.8 Å². The number of sulfonamides is 1. The molecule has 0 aliphatic carbocycles. The van der Waals surface area contributed by atoms with Gasteiger partial charge in [-0.25, -0.2) is 16.8 Å². The Hall–Kier alpha value is -0.440. The fourth-order valence-electron chi connectivity index (χ4n) is 1.33. The van der Waals surface area contributed by atoms with Crippen LogP contribution in [0.3, 0.4) is 0 Å². The van der Waals surface area contributed by atoms with Crippen LogP contribution in [0, 0.1) is 0 Å². The highest BCUT2D eigenvalue weighted by Crippen LogP contribution is 2.18.